The first kappa shape index (κ1) is 24.9. The van der Waals surface area contributed by atoms with E-state index >= 15 is 0 Å². The van der Waals surface area contributed by atoms with Crippen LogP contribution in [-0.2, 0) is 11.3 Å². The Balaban J connectivity index is 0.00000306. The minimum Gasteiger partial charge on any atom is -0.496 e. The molecule has 1 fully saturated rings. The number of amides is 1. The minimum absolute atomic E-state index is 0. The molecule has 0 atom stereocenters. The first-order valence-corrected chi connectivity index (χ1v) is 10.7. The van der Waals surface area contributed by atoms with Gasteiger partial charge in [-0.25, -0.2) is 19.4 Å². The average molecular weight is 495 g/mol. The molecule has 11 heteroatoms. The molecule has 0 saturated carbocycles. The fourth-order valence-electron chi connectivity index (χ4n) is 3.43. The molecule has 0 aliphatic carbocycles. The quantitative estimate of drug-likeness (QED) is 0.411. The number of carbonyl (C=O) groups excluding carboxylic acids is 1. The van der Waals surface area contributed by atoms with Gasteiger partial charge in [0, 0.05) is 43.2 Å². The summed E-state index contributed by atoms with van der Waals surface area (Å²) < 4.78 is 20.0. The first-order chi connectivity index (χ1) is 15.5. The van der Waals surface area contributed by atoms with E-state index in [2.05, 4.69) is 26.0 Å². The zero-order valence-electron chi connectivity index (χ0n) is 18.2. The summed E-state index contributed by atoms with van der Waals surface area (Å²) in [7, 11) is 1.58. The van der Waals surface area contributed by atoms with Gasteiger partial charge >= 0.3 is 0 Å². The summed E-state index contributed by atoms with van der Waals surface area (Å²) in [4.78, 5) is 21.0. The van der Waals surface area contributed by atoms with E-state index in [9.17, 15) is 9.18 Å². The van der Waals surface area contributed by atoms with Crippen molar-refractivity contribution in [3.8, 4) is 5.75 Å². The summed E-state index contributed by atoms with van der Waals surface area (Å²) in [6.45, 7) is 4.37. The van der Waals surface area contributed by atoms with Gasteiger partial charge in [-0.05, 0) is 18.2 Å². The third-order valence-electron chi connectivity index (χ3n) is 5.41. The lowest BCUT2D eigenvalue weighted by atomic mass is 10.0. The predicted octanol–water partition coefficient (Wildman–Crippen LogP) is 3.67. The van der Waals surface area contributed by atoms with Gasteiger partial charge in [0.1, 0.15) is 17.9 Å². The summed E-state index contributed by atoms with van der Waals surface area (Å²) in [5.74, 6) is 0.494. The number of benzene rings is 2. The molecule has 3 aromatic rings. The fraction of sp³-hybridized carbons (Fsp3) is 0.318. The van der Waals surface area contributed by atoms with Crippen LogP contribution in [0.3, 0.4) is 0 Å². The Morgan fingerprint density at radius 2 is 2.12 bits per heavy atom. The second-order valence-electron chi connectivity index (χ2n) is 7.48. The number of hydrogen-bond donors (Lipinski definition) is 3. The van der Waals surface area contributed by atoms with Gasteiger partial charge < -0.3 is 15.4 Å². The number of carbonyl (C=O) groups is 1. The van der Waals surface area contributed by atoms with E-state index in [1.54, 1.807) is 25.3 Å². The van der Waals surface area contributed by atoms with Gasteiger partial charge in [0.15, 0.2) is 5.82 Å². The second kappa shape index (κ2) is 10.9. The molecule has 1 aliphatic heterocycles. The largest absolute Gasteiger partial charge is 0.496 e. The van der Waals surface area contributed by atoms with E-state index in [0.717, 1.165) is 5.56 Å². The number of nitrogens with one attached hydrogen (secondary N) is 3. The molecule has 1 aliphatic rings. The molecule has 0 unspecified atom stereocenters. The summed E-state index contributed by atoms with van der Waals surface area (Å²) >= 11 is 5.91. The molecule has 1 aromatic heterocycles. The number of methoxy groups -OCH3 is 1. The number of aromatic nitrogens is 2. The predicted molar refractivity (Wildman–Crippen MR) is 129 cm³/mol. The molecule has 4 rings (SSSR count). The number of rotatable bonds is 8. The Kier molecular flexibility index (Phi) is 8.25. The highest BCUT2D eigenvalue weighted by molar-refractivity contribution is 6.31. The molecule has 0 bridgehead atoms. The molecule has 2 aromatic carbocycles. The van der Waals surface area contributed by atoms with Crippen molar-refractivity contribution in [3.05, 3.63) is 53.1 Å². The van der Waals surface area contributed by atoms with Crippen molar-refractivity contribution in [1.29, 1.82) is 0 Å². The summed E-state index contributed by atoms with van der Waals surface area (Å²) in [5.41, 5.74) is 4.66. The van der Waals surface area contributed by atoms with E-state index < -0.39 is 5.82 Å². The van der Waals surface area contributed by atoms with Crippen LogP contribution in [0.15, 0.2) is 36.7 Å². The Morgan fingerprint density at radius 1 is 1.33 bits per heavy atom. The van der Waals surface area contributed by atoms with Crippen LogP contribution < -0.4 is 20.8 Å². The number of halogens is 3. The molecule has 2 heterocycles. The van der Waals surface area contributed by atoms with Crippen molar-refractivity contribution in [3.63, 3.8) is 0 Å². The smallest absolute Gasteiger partial charge is 0.239 e. The van der Waals surface area contributed by atoms with Gasteiger partial charge in [-0.2, -0.15) is 0 Å². The fourth-order valence-corrected chi connectivity index (χ4v) is 3.60. The van der Waals surface area contributed by atoms with Crippen molar-refractivity contribution >= 4 is 52.3 Å². The molecule has 8 nitrogen and oxygen atoms in total. The molecule has 33 heavy (non-hydrogen) atoms. The Labute approximate surface area is 202 Å². The number of hydrogen-bond acceptors (Lipinski definition) is 7. The van der Waals surface area contributed by atoms with Crippen molar-refractivity contribution < 1.29 is 13.9 Å². The highest BCUT2D eigenvalue weighted by Gasteiger charge is 2.26. The SMILES string of the molecule is CCN(Cc1cc2c(Nc3cccc(Cl)c3F)ncnc2cc1OC)NC(=O)C1CNC1.Cl. The van der Waals surface area contributed by atoms with Gasteiger partial charge in [-0.3, -0.25) is 10.2 Å². The van der Waals surface area contributed by atoms with Crippen LogP contribution in [-0.4, -0.2) is 47.6 Å². The minimum atomic E-state index is -0.556. The first-order valence-electron chi connectivity index (χ1n) is 10.3. The standard InChI is InChI=1S/C22H24ClFN6O2.ClH/c1-3-30(29-22(31)14-9-25-10-14)11-13-7-15-18(8-19(13)32-2)26-12-27-21(15)28-17-6-4-5-16(23)20(17)24;/h4-8,12,14,25H,3,9-11H2,1-2H3,(H,29,31)(H,26,27,28);1H. The number of anilines is 2. The van der Waals surface area contributed by atoms with Crippen LogP contribution >= 0.6 is 24.0 Å². The number of ether oxygens (including phenoxy) is 1. The van der Waals surface area contributed by atoms with Crippen LogP contribution in [0.2, 0.25) is 5.02 Å². The number of nitrogens with zero attached hydrogens (tertiary/aromatic N) is 3. The van der Waals surface area contributed by atoms with Crippen LogP contribution in [0.25, 0.3) is 10.9 Å². The Hall–Kier alpha value is -2.72. The normalized spacial score (nSPS) is 13.4. The zero-order valence-corrected chi connectivity index (χ0v) is 19.8. The highest BCUT2D eigenvalue weighted by Crippen LogP contribution is 2.32. The topological polar surface area (TPSA) is 91.4 Å². The van der Waals surface area contributed by atoms with Crippen LogP contribution in [0, 0.1) is 11.7 Å². The van der Waals surface area contributed by atoms with Crippen LogP contribution in [0.1, 0.15) is 12.5 Å². The third-order valence-corrected chi connectivity index (χ3v) is 5.70. The lowest BCUT2D eigenvalue weighted by molar-refractivity contribution is -0.131. The molecule has 0 radical (unpaired) electrons. The summed E-state index contributed by atoms with van der Waals surface area (Å²) in [5, 5.41) is 8.65. The lowest BCUT2D eigenvalue weighted by Gasteiger charge is -2.30. The van der Waals surface area contributed by atoms with E-state index in [1.165, 1.54) is 12.4 Å². The second-order valence-corrected chi connectivity index (χ2v) is 7.88. The zero-order chi connectivity index (χ0) is 22.7. The van der Waals surface area contributed by atoms with E-state index in [4.69, 9.17) is 16.3 Å². The van der Waals surface area contributed by atoms with Crippen LogP contribution in [0.4, 0.5) is 15.9 Å². The van der Waals surface area contributed by atoms with E-state index in [1.807, 2.05) is 18.0 Å². The average Bonchev–Trinajstić information content (AvgIpc) is 2.75. The maximum absolute atomic E-state index is 14.4. The monoisotopic (exact) mass is 494 g/mol. The Bertz CT molecular complexity index is 1150. The van der Waals surface area contributed by atoms with Gasteiger partial charge in [0.2, 0.25) is 5.91 Å². The molecular formula is C22H25Cl2FN6O2. The van der Waals surface area contributed by atoms with Crippen molar-refractivity contribution in [2.24, 2.45) is 5.92 Å². The van der Waals surface area contributed by atoms with Crippen molar-refractivity contribution in [2.75, 3.05) is 32.1 Å². The molecule has 1 amide bonds. The molecule has 176 valence electrons. The summed E-state index contributed by atoms with van der Waals surface area (Å²) in [6, 6.07) is 8.42. The lowest BCUT2D eigenvalue weighted by Crippen LogP contribution is -2.54. The number of hydrazine groups is 1. The van der Waals surface area contributed by atoms with Crippen molar-refractivity contribution in [1.82, 2.24) is 25.7 Å². The maximum Gasteiger partial charge on any atom is 0.239 e. The van der Waals surface area contributed by atoms with Crippen LogP contribution in [0.5, 0.6) is 5.75 Å². The molecule has 3 N–H and O–H groups in total. The van der Waals surface area contributed by atoms with Gasteiger partial charge in [0.25, 0.3) is 0 Å². The van der Waals surface area contributed by atoms with Gasteiger partial charge in [-0.1, -0.05) is 24.6 Å². The third kappa shape index (κ3) is 5.44. The number of fused-ring (bicyclic) bond motifs is 1. The Morgan fingerprint density at radius 3 is 2.79 bits per heavy atom. The molecule has 0 spiro atoms. The van der Waals surface area contributed by atoms with E-state index in [-0.39, 0.29) is 34.9 Å². The summed E-state index contributed by atoms with van der Waals surface area (Å²) in [6.07, 6.45) is 1.40. The highest BCUT2D eigenvalue weighted by atomic mass is 35.5. The van der Waals surface area contributed by atoms with Gasteiger partial charge in [0.05, 0.1) is 29.3 Å². The van der Waals surface area contributed by atoms with Crippen molar-refractivity contribution in [2.45, 2.75) is 13.5 Å². The molecule has 1 saturated heterocycles. The van der Waals surface area contributed by atoms with E-state index in [0.29, 0.717) is 48.6 Å². The van der Waals surface area contributed by atoms with Gasteiger partial charge in [-0.15, -0.1) is 12.4 Å². The molecular weight excluding hydrogens is 470 g/mol. The maximum atomic E-state index is 14.4.